The number of carbonyl (C=O) groups is 1. The van der Waals surface area contributed by atoms with Crippen molar-refractivity contribution in [3.63, 3.8) is 0 Å². The SMILES string of the molecule is O=C(Cc1c[nH]c2ccccc12)N1CCC(Oc2ncccc2Br)C1. The summed E-state index contributed by atoms with van der Waals surface area (Å²) in [6.45, 7) is 1.32. The van der Waals surface area contributed by atoms with Crippen molar-refractivity contribution in [3.8, 4) is 5.88 Å². The fourth-order valence-electron chi connectivity index (χ4n) is 3.22. The number of nitrogens with zero attached hydrogens (tertiary/aromatic N) is 2. The molecule has 1 saturated heterocycles. The number of ether oxygens (including phenoxy) is 1. The van der Waals surface area contributed by atoms with Crippen LogP contribution >= 0.6 is 15.9 Å². The second-order valence-electron chi connectivity index (χ2n) is 6.19. The number of fused-ring (bicyclic) bond motifs is 1. The molecule has 25 heavy (non-hydrogen) atoms. The van der Waals surface area contributed by atoms with Gasteiger partial charge in [0.05, 0.1) is 17.4 Å². The van der Waals surface area contributed by atoms with E-state index in [0.29, 0.717) is 18.8 Å². The Hall–Kier alpha value is -2.34. The molecule has 1 aromatic carbocycles. The van der Waals surface area contributed by atoms with Gasteiger partial charge in [0.1, 0.15) is 6.10 Å². The van der Waals surface area contributed by atoms with E-state index in [1.807, 2.05) is 47.5 Å². The zero-order valence-corrected chi connectivity index (χ0v) is 15.2. The summed E-state index contributed by atoms with van der Waals surface area (Å²) in [5.74, 6) is 0.717. The smallest absolute Gasteiger partial charge is 0.228 e. The van der Waals surface area contributed by atoms with Crippen molar-refractivity contribution in [2.24, 2.45) is 0 Å². The summed E-state index contributed by atoms with van der Waals surface area (Å²) in [5.41, 5.74) is 2.10. The maximum absolute atomic E-state index is 12.7. The molecule has 0 bridgehead atoms. The molecule has 0 spiro atoms. The van der Waals surface area contributed by atoms with E-state index < -0.39 is 0 Å². The monoisotopic (exact) mass is 399 g/mol. The summed E-state index contributed by atoms with van der Waals surface area (Å²) in [6.07, 6.45) is 4.84. The van der Waals surface area contributed by atoms with Gasteiger partial charge in [0, 0.05) is 36.3 Å². The molecule has 1 N–H and O–H groups in total. The number of hydrogen-bond acceptors (Lipinski definition) is 3. The van der Waals surface area contributed by atoms with Crippen LogP contribution in [0.2, 0.25) is 0 Å². The summed E-state index contributed by atoms with van der Waals surface area (Å²) in [7, 11) is 0. The highest BCUT2D eigenvalue weighted by Crippen LogP contribution is 2.25. The number of amides is 1. The number of para-hydroxylation sites is 1. The number of benzene rings is 1. The lowest BCUT2D eigenvalue weighted by atomic mass is 10.1. The van der Waals surface area contributed by atoms with Gasteiger partial charge in [-0.2, -0.15) is 0 Å². The minimum absolute atomic E-state index is 0.0156. The van der Waals surface area contributed by atoms with Crippen LogP contribution < -0.4 is 4.74 Å². The van der Waals surface area contributed by atoms with Crippen LogP contribution in [0.4, 0.5) is 0 Å². The fourth-order valence-corrected chi connectivity index (χ4v) is 3.57. The number of rotatable bonds is 4. The highest BCUT2D eigenvalue weighted by atomic mass is 79.9. The van der Waals surface area contributed by atoms with E-state index in [-0.39, 0.29) is 12.0 Å². The zero-order valence-electron chi connectivity index (χ0n) is 13.6. The van der Waals surface area contributed by atoms with Crippen molar-refractivity contribution in [3.05, 3.63) is 58.8 Å². The predicted octanol–water partition coefficient (Wildman–Crippen LogP) is 3.55. The van der Waals surface area contributed by atoms with Crippen LogP contribution in [0, 0.1) is 0 Å². The first-order valence-electron chi connectivity index (χ1n) is 8.30. The molecule has 0 aliphatic carbocycles. The molecular weight excluding hydrogens is 382 g/mol. The molecular formula is C19H18BrN3O2. The molecule has 3 heterocycles. The first-order valence-corrected chi connectivity index (χ1v) is 9.10. The first-order chi connectivity index (χ1) is 12.2. The lowest BCUT2D eigenvalue weighted by Gasteiger charge is -2.17. The second kappa shape index (κ2) is 6.88. The van der Waals surface area contributed by atoms with Crippen molar-refractivity contribution in [2.75, 3.05) is 13.1 Å². The quantitative estimate of drug-likeness (QED) is 0.729. The van der Waals surface area contributed by atoms with Crippen LogP contribution in [0.15, 0.2) is 53.3 Å². The Bertz CT molecular complexity index is 908. The number of hydrogen-bond donors (Lipinski definition) is 1. The number of likely N-dealkylation sites (tertiary alicyclic amines) is 1. The Labute approximate surface area is 154 Å². The number of pyridine rings is 1. The third-order valence-corrected chi connectivity index (χ3v) is 5.12. The summed E-state index contributed by atoms with van der Waals surface area (Å²) < 4.78 is 6.77. The summed E-state index contributed by atoms with van der Waals surface area (Å²) in [5, 5.41) is 1.11. The van der Waals surface area contributed by atoms with Gasteiger partial charge in [0.25, 0.3) is 0 Å². The number of nitrogens with one attached hydrogen (secondary N) is 1. The molecule has 0 saturated carbocycles. The molecule has 1 amide bonds. The van der Waals surface area contributed by atoms with Crippen LogP contribution in [0.1, 0.15) is 12.0 Å². The van der Waals surface area contributed by atoms with E-state index in [9.17, 15) is 4.79 Å². The molecule has 1 aliphatic heterocycles. The Morgan fingerprint density at radius 2 is 2.20 bits per heavy atom. The highest BCUT2D eigenvalue weighted by molar-refractivity contribution is 9.10. The summed E-state index contributed by atoms with van der Waals surface area (Å²) in [4.78, 5) is 22.0. The molecule has 3 aromatic rings. The van der Waals surface area contributed by atoms with E-state index in [4.69, 9.17) is 4.74 Å². The molecule has 1 fully saturated rings. The number of H-pyrrole nitrogens is 1. The second-order valence-corrected chi connectivity index (χ2v) is 7.05. The van der Waals surface area contributed by atoms with Crippen molar-refractivity contribution < 1.29 is 9.53 Å². The van der Waals surface area contributed by atoms with E-state index >= 15 is 0 Å². The van der Waals surface area contributed by atoms with Gasteiger partial charge in [-0.25, -0.2) is 4.98 Å². The highest BCUT2D eigenvalue weighted by Gasteiger charge is 2.28. The normalized spacial score (nSPS) is 17.2. The van der Waals surface area contributed by atoms with Crippen LogP contribution in [0.5, 0.6) is 5.88 Å². The third-order valence-electron chi connectivity index (χ3n) is 4.52. The number of aromatic nitrogens is 2. The number of carbonyl (C=O) groups excluding carboxylic acids is 1. The molecule has 1 aliphatic rings. The summed E-state index contributed by atoms with van der Waals surface area (Å²) >= 11 is 3.44. The minimum atomic E-state index is -0.0156. The van der Waals surface area contributed by atoms with Gasteiger partial charge in [0.15, 0.2) is 0 Å². The van der Waals surface area contributed by atoms with Gasteiger partial charge in [-0.15, -0.1) is 0 Å². The maximum atomic E-state index is 12.7. The Kier molecular flexibility index (Phi) is 4.44. The molecule has 1 unspecified atom stereocenters. The van der Waals surface area contributed by atoms with Gasteiger partial charge in [-0.1, -0.05) is 18.2 Å². The molecule has 128 valence electrons. The number of aromatic amines is 1. The van der Waals surface area contributed by atoms with Crippen LogP contribution in [0.25, 0.3) is 10.9 Å². The van der Waals surface area contributed by atoms with E-state index in [1.54, 1.807) is 6.20 Å². The third kappa shape index (κ3) is 3.39. The van der Waals surface area contributed by atoms with E-state index in [1.165, 1.54) is 0 Å². The Morgan fingerprint density at radius 1 is 1.32 bits per heavy atom. The topological polar surface area (TPSA) is 58.2 Å². The van der Waals surface area contributed by atoms with E-state index in [2.05, 4.69) is 25.9 Å². The van der Waals surface area contributed by atoms with Gasteiger partial charge in [-0.3, -0.25) is 4.79 Å². The van der Waals surface area contributed by atoms with E-state index in [0.717, 1.165) is 33.9 Å². The molecule has 5 nitrogen and oxygen atoms in total. The minimum Gasteiger partial charge on any atom is -0.472 e. The van der Waals surface area contributed by atoms with Crippen molar-refractivity contribution in [2.45, 2.75) is 18.9 Å². The summed E-state index contributed by atoms with van der Waals surface area (Å²) in [6, 6.07) is 11.8. The lowest BCUT2D eigenvalue weighted by molar-refractivity contribution is -0.129. The Balaban J connectivity index is 1.40. The molecule has 4 rings (SSSR count). The van der Waals surface area contributed by atoms with Gasteiger partial charge < -0.3 is 14.6 Å². The average molecular weight is 400 g/mol. The van der Waals surface area contributed by atoms with Crippen LogP contribution in [-0.2, 0) is 11.2 Å². The fraction of sp³-hybridized carbons (Fsp3) is 0.263. The number of halogens is 1. The van der Waals surface area contributed by atoms with Crippen molar-refractivity contribution >= 4 is 32.7 Å². The average Bonchev–Trinajstić information content (AvgIpc) is 3.25. The standard InChI is InChI=1S/C19H18BrN3O2/c20-16-5-3-8-21-19(16)25-14-7-9-23(12-14)18(24)10-13-11-22-17-6-2-1-4-15(13)17/h1-6,8,11,14,22H,7,9-10,12H2. The molecule has 2 aromatic heterocycles. The van der Waals surface area contributed by atoms with Gasteiger partial charge >= 0.3 is 0 Å². The van der Waals surface area contributed by atoms with Crippen LogP contribution in [-0.4, -0.2) is 40.0 Å². The maximum Gasteiger partial charge on any atom is 0.228 e. The Morgan fingerprint density at radius 3 is 3.08 bits per heavy atom. The van der Waals surface area contributed by atoms with Gasteiger partial charge in [-0.05, 0) is 39.7 Å². The van der Waals surface area contributed by atoms with Gasteiger partial charge in [0.2, 0.25) is 11.8 Å². The molecule has 0 radical (unpaired) electrons. The molecule has 1 atom stereocenters. The molecule has 6 heteroatoms. The largest absolute Gasteiger partial charge is 0.472 e. The van der Waals surface area contributed by atoms with Crippen LogP contribution in [0.3, 0.4) is 0 Å². The van der Waals surface area contributed by atoms with Crippen molar-refractivity contribution in [1.82, 2.24) is 14.9 Å². The predicted molar refractivity (Wildman–Crippen MR) is 99.6 cm³/mol. The first kappa shape index (κ1) is 16.1. The zero-order chi connectivity index (χ0) is 17.2. The lowest BCUT2D eigenvalue weighted by Crippen LogP contribution is -2.32. The van der Waals surface area contributed by atoms with Crippen molar-refractivity contribution in [1.29, 1.82) is 0 Å².